The smallest absolute Gasteiger partial charge is 0.303 e. The molecule has 0 aliphatic carbocycles. The molecule has 0 aromatic rings. The third-order valence-electron chi connectivity index (χ3n) is 3.04. The van der Waals surface area contributed by atoms with Crippen LogP contribution in [0, 0.1) is 11.8 Å². The Labute approximate surface area is 96.6 Å². The van der Waals surface area contributed by atoms with Crippen LogP contribution in [-0.4, -0.2) is 35.0 Å². The molecule has 1 saturated heterocycles. The summed E-state index contributed by atoms with van der Waals surface area (Å²) in [5.74, 6) is 0.116. The van der Waals surface area contributed by atoms with E-state index in [0.717, 1.165) is 19.4 Å². The molecule has 0 aromatic carbocycles. The number of carboxylic acids is 1. The van der Waals surface area contributed by atoms with Gasteiger partial charge in [0.25, 0.3) is 0 Å². The quantitative estimate of drug-likeness (QED) is 0.778. The summed E-state index contributed by atoms with van der Waals surface area (Å²) in [7, 11) is 0. The summed E-state index contributed by atoms with van der Waals surface area (Å²) >= 11 is 0. The molecule has 1 atom stereocenters. The van der Waals surface area contributed by atoms with Crippen LogP contribution in [0.2, 0.25) is 0 Å². The molecule has 1 heterocycles. The Morgan fingerprint density at radius 1 is 1.44 bits per heavy atom. The van der Waals surface area contributed by atoms with Gasteiger partial charge in [-0.3, -0.25) is 9.59 Å². The number of nitrogens with zero attached hydrogens (tertiary/aromatic N) is 1. The molecule has 1 amide bonds. The standard InChI is InChI=1S/C12H21NO3/c1-9(2)3-4-11(14)13-6-5-10(8-13)7-12(15)16/h9-10H,3-8H2,1-2H3,(H,15,16). The zero-order valence-corrected chi connectivity index (χ0v) is 10.1. The molecule has 92 valence electrons. The molecule has 1 rings (SSSR count). The van der Waals surface area contributed by atoms with E-state index in [-0.39, 0.29) is 18.2 Å². The van der Waals surface area contributed by atoms with Gasteiger partial charge in [-0.15, -0.1) is 0 Å². The maximum Gasteiger partial charge on any atom is 0.303 e. The van der Waals surface area contributed by atoms with E-state index >= 15 is 0 Å². The van der Waals surface area contributed by atoms with Crippen molar-refractivity contribution in [1.82, 2.24) is 4.90 Å². The van der Waals surface area contributed by atoms with Crippen LogP contribution in [0.3, 0.4) is 0 Å². The normalized spacial score (nSPS) is 20.4. The molecule has 4 heteroatoms. The van der Waals surface area contributed by atoms with Gasteiger partial charge in [-0.2, -0.15) is 0 Å². The molecule has 1 aliphatic heterocycles. The zero-order valence-electron chi connectivity index (χ0n) is 10.1. The van der Waals surface area contributed by atoms with Crippen LogP contribution in [-0.2, 0) is 9.59 Å². The minimum Gasteiger partial charge on any atom is -0.481 e. The number of carbonyl (C=O) groups is 2. The second-order valence-electron chi connectivity index (χ2n) is 5.02. The van der Waals surface area contributed by atoms with Gasteiger partial charge in [-0.05, 0) is 24.7 Å². The molecule has 0 aromatic heterocycles. The largest absolute Gasteiger partial charge is 0.481 e. The fraction of sp³-hybridized carbons (Fsp3) is 0.833. The van der Waals surface area contributed by atoms with Crippen molar-refractivity contribution >= 4 is 11.9 Å². The number of likely N-dealkylation sites (tertiary alicyclic amines) is 1. The van der Waals surface area contributed by atoms with Gasteiger partial charge in [0.1, 0.15) is 0 Å². The lowest BCUT2D eigenvalue weighted by Crippen LogP contribution is -2.29. The lowest BCUT2D eigenvalue weighted by molar-refractivity contribution is -0.138. The van der Waals surface area contributed by atoms with Crippen molar-refractivity contribution in [2.24, 2.45) is 11.8 Å². The van der Waals surface area contributed by atoms with E-state index in [9.17, 15) is 9.59 Å². The Morgan fingerprint density at radius 2 is 2.12 bits per heavy atom. The molecule has 0 radical (unpaired) electrons. The summed E-state index contributed by atoms with van der Waals surface area (Å²) in [5, 5.41) is 8.67. The van der Waals surface area contributed by atoms with Crippen LogP contribution < -0.4 is 0 Å². The van der Waals surface area contributed by atoms with Crippen molar-refractivity contribution in [2.45, 2.75) is 39.5 Å². The number of amides is 1. The van der Waals surface area contributed by atoms with E-state index < -0.39 is 5.97 Å². The predicted molar refractivity (Wildman–Crippen MR) is 61.0 cm³/mol. The molecule has 1 aliphatic rings. The van der Waals surface area contributed by atoms with E-state index in [1.165, 1.54) is 0 Å². The SMILES string of the molecule is CC(C)CCC(=O)N1CCC(CC(=O)O)C1. The number of hydrogen-bond acceptors (Lipinski definition) is 2. The average molecular weight is 227 g/mol. The molecule has 4 nitrogen and oxygen atoms in total. The summed E-state index contributed by atoms with van der Waals surface area (Å²) in [6.45, 7) is 5.56. The first-order valence-corrected chi connectivity index (χ1v) is 5.98. The fourth-order valence-corrected chi connectivity index (χ4v) is 2.04. The van der Waals surface area contributed by atoms with E-state index in [1.54, 1.807) is 0 Å². The van der Waals surface area contributed by atoms with Crippen molar-refractivity contribution in [2.75, 3.05) is 13.1 Å². The lowest BCUT2D eigenvalue weighted by Gasteiger charge is -2.16. The van der Waals surface area contributed by atoms with Gasteiger partial charge in [0.2, 0.25) is 5.91 Å². The van der Waals surface area contributed by atoms with Crippen LogP contribution in [0.5, 0.6) is 0 Å². The minimum atomic E-state index is -0.763. The van der Waals surface area contributed by atoms with Gasteiger partial charge in [-0.1, -0.05) is 13.8 Å². The Bertz CT molecular complexity index is 263. The van der Waals surface area contributed by atoms with Gasteiger partial charge in [0.15, 0.2) is 0 Å². The third kappa shape index (κ3) is 4.21. The van der Waals surface area contributed by atoms with Gasteiger partial charge in [0.05, 0.1) is 0 Å². The van der Waals surface area contributed by atoms with Crippen molar-refractivity contribution in [3.8, 4) is 0 Å². The second kappa shape index (κ2) is 5.87. The number of aliphatic carboxylic acids is 1. The third-order valence-corrected chi connectivity index (χ3v) is 3.04. The topological polar surface area (TPSA) is 57.6 Å². The molecule has 1 N–H and O–H groups in total. The highest BCUT2D eigenvalue weighted by molar-refractivity contribution is 5.76. The number of carboxylic acid groups (broad SMARTS) is 1. The van der Waals surface area contributed by atoms with Gasteiger partial charge in [-0.25, -0.2) is 0 Å². The van der Waals surface area contributed by atoms with Gasteiger partial charge in [0, 0.05) is 25.9 Å². The summed E-state index contributed by atoms with van der Waals surface area (Å²) < 4.78 is 0. The number of rotatable bonds is 5. The minimum absolute atomic E-state index is 0.153. The van der Waals surface area contributed by atoms with Gasteiger partial charge < -0.3 is 10.0 Å². The molecule has 16 heavy (non-hydrogen) atoms. The summed E-state index contributed by atoms with van der Waals surface area (Å²) in [6, 6.07) is 0. The monoisotopic (exact) mass is 227 g/mol. The molecule has 1 unspecified atom stereocenters. The Hall–Kier alpha value is -1.06. The Balaban J connectivity index is 2.29. The van der Waals surface area contributed by atoms with Crippen molar-refractivity contribution in [1.29, 1.82) is 0 Å². The lowest BCUT2D eigenvalue weighted by atomic mass is 10.1. The summed E-state index contributed by atoms with van der Waals surface area (Å²) in [4.78, 5) is 24.1. The van der Waals surface area contributed by atoms with Crippen molar-refractivity contribution in [3.63, 3.8) is 0 Å². The van der Waals surface area contributed by atoms with Crippen LogP contribution in [0.1, 0.15) is 39.5 Å². The van der Waals surface area contributed by atoms with Gasteiger partial charge >= 0.3 is 5.97 Å². The fourth-order valence-electron chi connectivity index (χ4n) is 2.04. The van der Waals surface area contributed by atoms with Crippen LogP contribution in [0.25, 0.3) is 0 Å². The molecule has 1 fully saturated rings. The highest BCUT2D eigenvalue weighted by atomic mass is 16.4. The maximum absolute atomic E-state index is 11.8. The van der Waals surface area contributed by atoms with Crippen molar-refractivity contribution in [3.05, 3.63) is 0 Å². The van der Waals surface area contributed by atoms with Crippen LogP contribution in [0.4, 0.5) is 0 Å². The summed E-state index contributed by atoms with van der Waals surface area (Å²) in [5.41, 5.74) is 0. The number of carbonyl (C=O) groups excluding carboxylic acids is 1. The molecule has 0 bridgehead atoms. The van der Waals surface area contributed by atoms with E-state index in [1.807, 2.05) is 4.90 Å². The van der Waals surface area contributed by atoms with Crippen LogP contribution in [0.15, 0.2) is 0 Å². The predicted octanol–water partition coefficient (Wildman–Crippen LogP) is 1.75. The average Bonchev–Trinajstić information content (AvgIpc) is 2.61. The first-order valence-electron chi connectivity index (χ1n) is 5.98. The second-order valence-corrected chi connectivity index (χ2v) is 5.02. The number of hydrogen-bond donors (Lipinski definition) is 1. The first-order chi connectivity index (χ1) is 7.49. The van der Waals surface area contributed by atoms with E-state index in [2.05, 4.69) is 13.8 Å². The van der Waals surface area contributed by atoms with Crippen molar-refractivity contribution < 1.29 is 14.7 Å². The Morgan fingerprint density at radius 3 is 2.69 bits per heavy atom. The molecular formula is C12H21NO3. The van der Waals surface area contributed by atoms with E-state index in [4.69, 9.17) is 5.11 Å². The summed E-state index contributed by atoms with van der Waals surface area (Å²) in [6.07, 6.45) is 2.53. The maximum atomic E-state index is 11.8. The molecule has 0 spiro atoms. The van der Waals surface area contributed by atoms with E-state index in [0.29, 0.717) is 18.9 Å². The molecule has 0 saturated carbocycles. The zero-order chi connectivity index (χ0) is 12.1. The Kier molecular flexibility index (Phi) is 4.77. The van der Waals surface area contributed by atoms with Crippen LogP contribution >= 0.6 is 0 Å². The highest BCUT2D eigenvalue weighted by Gasteiger charge is 2.27. The molecular weight excluding hydrogens is 206 g/mol. The first kappa shape index (κ1) is 13.0. The highest BCUT2D eigenvalue weighted by Crippen LogP contribution is 2.20.